The Balaban J connectivity index is 2.24. The topological polar surface area (TPSA) is 72.1 Å². The monoisotopic (exact) mass is 234 g/mol. The van der Waals surface area contributed by atoms with Crippen LogP contribution in [0.3, 0.4) is 0 Å². The summed E-state index contributed by atoms with van der Waals surface area (Å²) in [5, 5.41) is 0. The summed E-state index contributed by atoms with van der Waals surface area (Å²) in [4.78, 5) is 22.2. The molecule has 1 fully saturated rings. The number of hydrogen-bond acceptors (Lipinski definition) is 4. The fourth-order valence-electron chi connectivity index (χ4n) is 2.44. The first-order valence-corrected chi connectivity index (χ1v) is 5.99. The van der Waals surface area contributed by atoms with E-state index in [1.807, 2.05) is 4.90 Å². The minimum absolute atomic E-state index is 0.0653. The molecule has 2 atom stereocenters. The maximum absolute atomic E-state index is 12.3. The molecule has 0 saturated carbocycles. The number of nitrogen functional groups attached to an aromatic ring is 1. The molecule has 0 aromatic carbocycles. The Morgan fingerprint density at radius 1 is 1.35 bits per heavy atom. The lowest BCUT2D eigenvalue weighted by atomic mass is 9.97. The molecule has 1 aromatic heterocycles. The van der Waals surface area contributed by atoms with Crippen LogP contribution in [0.15, 0.2) is 12.4 Å². The van der Waals surface area contributed by atoms with Crippen molar-refractivity contribution in [3.05, 3.63) is 18.1 Å². The van der Waals surface area contributed by atoms with Crippen molar-refractivity contribution in [2.24, 2.45) is 0 Å². The summed E-state index contributed by atoms with van der Waals surface area (Å²) in [5.74, 6) is 0.220. The summed E-state index contributed by atoms with van der Waals surface area (Å²) in [5.41, 5.74) is 5.89. The second-order valence-corrected chi connectivity index (χ2v) is 4.67. The van der Waals surface area contributed by atoms with Gasteiger partial charge >= 0.3 is 0 Å². The van der Waals surface area contributed by atoms with Crippen molar-refractivity contribution in [3.8, 4) is 0 Å². The Kier molecular flexibility index (Phi) is 3.26. The lowest BCUT2D eigenvalue weighted by Gasteiger charge is -2.38. The van der Waals surface area contributed by atoms with Crippen LogP contribution in [0.2, 0.25) is 0 Å². The molecule has 2 rings (SSSR count). The normalized spacial score (nSPS) is 24.7. The van der Waals surface area contributed by atoms with E-state index in [-0.39, 0.29) is 23.8 Å². The summed E-state index contributed by atoms with van der Waals surface area (Å²) in [6.45, 7) is 4.15. The summed E-state index contributed by atoms with van der Waals surface area (Å²) >= 11 is 0. The average Bonchev–Trinajstić information content (AvgIpc) is 2.28. The highest BCUT2D eigenvalue weighted by atomic mass is 16.2. The van der Waals surface area contributed by atoms with E-state index in [2.05, 4.69) is 23.8 Å². The molecular weight excluding hydrogens is 216 g/mol. The van der Waals surface area contributed by atoms with Crippen LogP contribution in [0.1, 0.15) is 43.6 Å². The lowest BCUT2D eigenvalue weighted by Crippen LogP contribution is -2.47. The summed E-state index contributed by atoms with van der Waals surface area (Å²) in [7, 11) is 0. The van der Waals surface area contributed by atoms with Gasteiger partial charge in [0.05, 0.1) is 12.4 Å². The number of nitrogens with two attached hydrogens (primary N) is 1. The minimum Gasteiger partial charge on any atom is -0.382 e. The Morgan fingerprint density at radius 2 is 2.00 bits per heavy atom. The highest BCUT2D eigenvalue weighted by Gasteiger charge is 2.30. The molecule has 0 bridgehead atoms. The zero-order valence-electron chi connectivity index (χ0n) is 10.3. The fourth-order valence-corrected chi connectivity index (χ4v) is 2.44. The Hall–Kier alpha value is -1.65. The minimum atomic E-state index is -0.0653. The van der Waals surface area contributed by atoms with Gasteiger partial charge in [0, 0.05) is 12.1 Å². The van der Waals surface area contributed by atoms with Crippen LogP contribution in [0.25, 0.3) is 0 Å². The van der Waals surface area contributed by atoms with Crippen molar-refractivity contribution >= 4 is 11.7 Å². The van der Waals surface area contributed by atoms with Gasteiger partial charge in [-0.3, -0.25) is 9.78 Å². The van der Waals surface area contributed by atoms with Gasteiger partial charge < -0.3 is 10.6 Å². The molecule has 0 aliphatic carbocycles. The molecule has 5 nitrogen and oxygen atoms in total. The molecule has 2 heterocycles. The van der Waals surface area contributed by atoms with Crippen LogP contribution < -0.4 is 5.73 Å². The summed E-state index contributed by atoms with van der Waals surface area (Å²) in [6.07, 6.45) is 6.19. The Bertz CT molecular complexity index is 411. The molecule has 0 unspecified atom stereocenters. The van der Waals surface area contributed by atoms with Gasteiger partial charge in [0.15, 0.2) is 0 Å². The van der Waals surface area contributed by atoms with Gasteiger partial charge in [-0.1, -0.05) is 0 Å². The fraction of sp³-hybridized carbons (Fsp3) is 0.583. The third-order valence-corrected chi connectivity index (χ3v) is 3.30. The van der Waals surface area contributed by atoms with Crippen LogP contribution in [0.4, 0.5) is 5.82 Å². The van der Waals surface area contributed by atoms with Gasteiger partial charge in [-0.05, 0) is 33.1 Å². The van der Waals surface area contributed by atoms with E-state index in [1.165, 1.54) is 18.8 Å². The maximum Gasteiger partial charge on any atom is 0.274 e. The number of anilines is 1. The van der Waals surface area contributed by atoms with Crippen molar-refractivity contribution < 1.29 is 4.79 Å². The number of aromatic nitrogens is 2. The third-order valence-electron chi connectivity index (χ3n) is 3.30. The van der Waals surface area contributed by atoms with Gasteiger partial charge in [0.2, 0.25) is 0 Å². The molecule has 5 heteroatoms. The van der Waals surface area contributed by atoms with E-state index in [0.717, 1.165) is 12.8 Å². The number of piperidine rings is 1. The molecule has 1 amide bonds. The number of carbonyl (C=O) groups is 1. The van der Waals surface area contributed by atoms with E-state index in [4.69, 9.17) is 5.73 Å². The first-order chi connectivity index (χ1) is 8.09. The third kappa shape index (κ3) is 2.38. The Morgan fingerprint density at radius 3 is 2.59 bits per heavy atom. The number of hydrogen-bond donors (Lipinski definition) is 1. The second kappa shape index (κ2) is 4.69. The lowest BCUT2D eigenvalue weighted by molar-refractivity contribution is 0.0504. The van der Waals surface area contributed by atoms with Crippen molar-refractivity contribution in [1.29, 1.82) is 0 Å². The molecule has 0 spiro atoms. The van der Waals surface area contributed by atoms with Crippen LogP contribution in [-0.2, 0) is 0 Å². The quantitative estimate of drug-likeness (QED) is 0.798. The number of likely N-dealkylation sites (tertiary alicyclic amines) is 1. The van der Waals surface area contributed by atoms with Crippen molar-refractivity contribution in [1.82, 2.24) is 14.9 Å². The predicted molar refractivity (Wildman–Crippen MR) is 65.4 cm³/mol. The largest absolute Gasteiger partial charge is 0.382 e. The highest BCUT2D eigenvalue weighted by molar-refractivity contribution is 5.92. The number of nitrogens with zero attached hydrogens (tertiary/aromatic N) is 3. The molecule has 1 saturated heterocycles. The van der Waals surface area contributed by atoms with Crippen LogP contribution in [0.5, 0.6) is 0 Å². The molecule has 17 heavy (non-hydrogen) atoms. The summed E-state index contributed by atoms with van der Waals surface area (Å²) in [6, 6.07) is 0.518. The first kappa shape index (κ1) is 11.8. The van der Waals surface area contributed by atoms with Crippen molar-refractivity contribution in [2.75, 3.05) is 5.73 Å². The van der Waals surface area contributed by atoms with E-state index in [9.17, 15) is 4.79 Å². The molecule has 1 aliphatic heterocycles. The molecule has 1 aromatic rings. The van der Waals surface area contributed by atoms with Gasteiger partial charge in [0.25, 0.3) is 5.91 Å². The first-order valence-electron chi connectivity index (χ1n) is 5.99. The van der Waals surface area contributed by atoms with Crippen molar-refractivity contribution in [2.45, 2.75) is 45.2 Å². The maximum atomic E-state index is 12.3. The highest BCUT2D eigenvalue weighted by Crippen LogP contribution is 2.24. The van der Waals surface area contributed by atoms with Crippen LogP contribution >= 0.6 is 0 Å². The van der Waals surface area contributed by atoms with E-state index < -0.39 is 0 Å². The van der Waals surface area contributed by atoms with Crippen LogP contribution in [-0.4, -0.2) is 32.9 Å². The molecule has 92 valence electrons. The molecular formula is C12H18N4O. The molecule has 0 radical (unpaired) electrons. The van der Waals surface area contributed by atoms with Crippen LogP contribution in [0, 0.1) is 0 Å². The zero-order chi connectivity index (χ0) is 12.4. The molecule has 2 N–H and O–H groups in total. The van der Waals surface area contributed by atoms with Gasteiger partial charge in [0.1, 0.15) is 11.5 Å². The zero-order valence-corrected chi connectivity index (χ0v) is 10.3. The summed E-state index contributed by atoms with van der Waals surface area (Å²) < 4.78 is 0. The van der Waals surface area contributed by atoms with Gasteiger partial charge in [-0.25, -0.2) is 4.98 Å². The van der Waals surface area contributed by atoms with E-state index in [0.29, 0.717) is 5.69 Å². The SMILES string of the molecule is C[C@@H]1CCC[C@H](C)N1C(=O)c1cncc(N)n1. The van der Waals surface area contributed by atoms with Gasteiger partial charge in [-0.15, -0.1) is 0 Å². The van der Waals surface area contributed by atoms with Gasteiger partial charge in [-0.2, -0.15) is 0 Å². The molecule has 1 aliphatic rings. The number of carbonyl (C=O) groups excluding carboxylic acids is 1. The Labute approximate surface area is 101 Å². The standard InChI is InChI=1S/C12H18N4O/c1-8-4-3-5-9(2)16(8)12(17)10-6-14-7-11(13)15-10/h6-9H,3-5H2,1-2H3,(H2,13,15)/t8-,9+. The van der Waals surface area contributed by atoms with E-state index >= 15 is 0 Å². The average molecular weight is 234 g/mol. The smallest absolute Gasteiger partial charge is 0.274 e. The predicted octanol–water partition coefficient (Wildman–Crippen LogP) is 1.46. The number of amides is 1. The van der Waals surface area contributed by atoms with Crippen molar-refractivity contribution in [3.63, 3.8) is 0 Å². The van der Waals surface area contributed by atoms with E-state index in [1.54, 1.807) is 0 Å². The number of rotatable bonds is 1. The second-order valence-electron chi connectivity index (χ2n) is 4.67.